The number of alkyl halides is 6. The van der Waals surface area contributed by atoms with Crippen LogP contribution < -0.4 is 4.74 Å². The van der Waals surface area contributed by atoms with Crippen molar-refractivity contribution in [1.82, 2.24) is 9.88 Å². The third-order valence-corrected chi connectivity index (χ3v) is 4.90. The number of hydrogen-bond acceptors (Lipinski definition) is 5. The van der Waals surface area contributed by atoms with Gasteiger partial charge in [-0.2, -0.15) is 26.3 Å². The van der Waals surface area contributed by atoms with E-state index in [1.807, 2.05) is 0 Å². The van der Waals surface area contributed by atoms with Gasteiger partial charge in [-0.15, -0.1) is 0 Å². The molecule has 1 saturated heterocycles. The van der Waals surface area contributed by atoms with Gasteiger partial charge >= 0.3 is 12.4 Å². The summed E-state index contributed by atoms with van der Waals surface area (Å²) in [7, 11) is 0. The molecule has 0 saturated carbocycles. The molecule has 0 bridgehead atoms. The molecular weight excluding hydrogens is 410 g/mol. The summed E-state index contributed by atoms with van der Waals surface area (Å²) in [6, 6.07) is 1.51. The normalized spacial score (nSPS) is 16.4. The van der Waals surface area contributed by atoms with Gasteiger partial charge in [0.2, 0.25) is 0 Å². The van der Waals surface area contributed by atoms with Crippen molar-refractivity contribution in [3.63, 3.8) is 0 Å². The zero-order chi connectivity index (χ0) is 20.4. The van der Waals surface area contributed by atoms with Gasteiger partial charge in [0.15, 0.2) is 0 Å². The van der Waals surface area contributed by atoms with Crippen molar-refractivity contribution in [3.05, 3.63) is 34.7 Å². The first-order valence-corrected chi connectivity index (χ1v) is 9.20. The van der Waals surface area contributed by atoms with E-state index in [1.54, 1.807) is 0 Å². The second-order valence-corrected chi connectivity index (χ2v) is 6.88. The molecule has 1 fully saturated rings. The average Bonchev–Trinajstić information content (AvgIpc) is 3.09. The Bertz CT molecular complexity index is 800. The van der Waals surface area contributed by atoms with Crippen LogP contribution in [-0.2, 0) is 17.1 Å². The van der Waals surface area contributed by atoms with Gasteiger partial charge in [0.25, 0.3) is 5.19 Å². The number of morpholine rings is 1. The molecule has 28 heavy (non-hydrogen) atoms. The Hall–Kier alpha value is -1.85. The molecule has 0 radical (unpaired) electrons. The fourth-order valence-electron chi connectivity index (χ4n) is 2.71. The molecule has 0 N–H and O–H groups in total. The number of rotatable bonds is 5. The Labute approximate surface area is 160 Å². The maximum Gasteiger partial charge on any atom is 0.417 e. The number of aromatic nitrogens is 1. The molecular formula is C17H16F6N2O2S. The zero-order valence-corrected chi connectivity index (χ0v) is 15.3. The number of nitrogens with zero attached hydrogens (tertiary/aromatic N) is 2. The zero-order valence-electron chi connectivity index (χ0n) is 14.4. The third kappa shape index (κ3) is 5.15. The highest BCUT2D eigenvalue weighted by molar-refractivity contribution is 7.11. The van der Waals surface area contributed by atoms with Gasteiger partial charge in [-0.25, -0.2) is 4.98 Å². The Morgan fingerprint density at radius 2 is 1.79 bits per heavy atom. The summed E-state index contributed by atoms with van der Waals surface area (Å²) in [5, 5.41) is 1.50. The summed E-state index contributed by atoms with van der Waals surface area (Å²) < 4.78 is 88.9. The average molecular weight is 426 g/mol. The molecule has 3 rings (SSSR count). The number of thiazole rings is 1. The van der Waals surface area contributed by atoms with E-state index in [1.165, 1.54) is 5.38 Å². The lowest BCUT2D eigenvalue weighted by Crippen LogP contribution is -2.38. The first-order valence-electron chi connectivity index (χ1n) is 8.32. The van der Waals surface area contributed by atoms with E-state index < -0.39 is 29.0 Å². The molecule has 2 aromatic rings. The van der Waals surface area contributed by atoms with Gasteiger partial charge in [0.1, 0.15) is 6.61 Å². The van der Waals surface area contributed by atoms with Crippen LogP contribution in [0.25, 0.3) is 11.3 Å². The van der Waals surface area contributed by atoms with Crippen LogP contribution in [-0.4, -0.2) is 49.3 Å². The molecule has 0 atom stereocenters. The first kappa shape index (κ1) is 20.9. The predicted molar refractivity (Wildman–Crippen MR) is 90.3 cm³/mol. The van der Waals surface area contributed by atoms with Gasteiger partial charge in [-0.3, -0.25) is 4.90 Å². The molecule has 1 aromatic carbocycles. The fraction of sp³-hybridized carbons (Fsp3) is 0.471. The Morgan fingerprint density at radius 3 is 2.43 bits per heavy atom. The van der Waals surface area contributed by atoms with E-state index in [0.717, 1.165) is 30.5 Å². The molecule has 2 heterocycles. The standard InChI is InChI=1S/C17H16F6N2O2S/c18-16(19,20)11-1-2-12(13(9-11)17(21,22)23)14-10-28-15(24-14)27-8-5-25-3-6-26-7-4-25/h1-2,9-10H,3-8H2. The Morgan fingerprint density at radius 1 is 1.07 bits per heavy atom. The minimum Gasteiger partial charge on any atom is -0.469 e. The highest BCUT2D eigenvalue weighted by Crippen LogP contribution is 2.41. The number of benzene rings is 1. The summed E-state index contributed by atoms with van der Waals surface area (Å²) in [4.78, 5) is 6.12. The maximum absolute atomic E-state index is 13.3. The summed E-state index contributed by atoms with van der Waals surface area (Å²) >= 11 is 0.994. The van der Waals surface area contributed by atoms with Gasteiger partial charge in [0, 0.05) is 30.6 Å². The highest BCUT2D eigenvalue weighted by atomic mass is 32.1. The van der Waals surface area contributed by atoms with Crippen LogP contribution in [0.15, 0.2) is 23.6 Å². The Balaban J connectivity index is 1.74. The lowest BCUT2D eigenvalue weighted by atomic mass is 10.0. The highest BCUT2D eigenvalue weighted by Gasteiger charge is 2.38. The summed E-state index contributed by atoms with van der Waals surface area (Å²) in [5.41, 5.74) is -3.24. The van der Waals surface area contributed by atoms with Gasteiger partial charge < -0.3 is 9.47 Å². The van der Waals surface area contributed by atoms with Crippen molar-refractivity contribution in [2.75, 3.05) is 39.5 Å². The predicted octanol–water partition coefficient (Wildman–Crippen LogP) is 4.56. The summed E-state index contributed by atoms with van der Waals surface area (Å²) in [6.45, 7) is 3.73. The van der Waals surface area contributed by atoms with Crippen LogP contribution in [0.1, 0.15) is 11.1 Å². The quantitative estimate of drug-likeness (QED) is 0.657. The summed E-state index contributed by atoms with van der Waals surface area (Å²) in [6.07, 6.45) is -9.81. The van der Waals surface area contributed by atoms with Gasteiger partial charge in [-0.1, -0.05) is 17.4 Å². The van der Waals surface area contributed by atoms with E-state index >= 15 is 0 Å². The largest absolute Gasteiger partial charge is 0.469 e. The smallest absolute Gasteiger partial charge is 0.417 e. The van der Waals surface area contributed by atoms with Crippen LogP contribution in [0.2, 0.25) is 0 Å². The maximum atomic E-state index is 13.3. The fourth-order valence-corrected chi connectivity index (χ4v) is 3.41. The van der Waals surface area contributed by atoms with Gasteiger partial charge in [-0.05, 0) is 12.1 Å². The van der Waals surface area contributed by atoms with Crippen molar-refractivity contribution >= 4 is 11.3 Å². The topological polar surface area (TPSA) is 34.6 Å². The van der Waals surface area contributed by atoms with Crippen LogP contribution in [0.3, 0.4) is 0 Å². The number of ether oxygens (including phenoxy) is 2. The third-order valence-electron chi connectivity index (χ3n) is 4.15. The molecule has 154 valence electrons. The second kappa shape index (κ2) is 8.26. The first-order chi connectivity index (χ1) is 13.1. The molecule has 11 heteroatoms. The van der Waals surface area contributed by atoms with Crippen LogP contribution >= 0.6 is 11.3 Å². The molecule has 1 aliphatic heterocycles. The van der Waals surface area contributed by atoms with E-state index in [9.17, 15) is 26.3 Å². The lowest BCUT2D eigenvalue weighted by Gasteiger charge is -2.26. The van der Waals surface area contributed by atoms with E-state index in [4.69, 9.17) is 9.47 Å². The monoisotopic (exact) mass is 426 g/mol. The molecule has 0 spiro atoms. The van der Waals surface area contributed by atoms with Crippen molar-refractivity contribution in [3.8, 4) is 16.5 Å². The molecule has 0 unspecified atom stereocenters. The Kier molecular flexibility index (Phi) is 6.15. The SMILES string of the molecule is FC(F)(F)c1ccc(-c2csc(OCCN3CCOCC3)n2)c(C(F)(F)F)c1. The number of hydrogen-bond donors (Lipinski definition) is 0. The lowest BCUT2D eigenvalue weighted by molar-refractivity contribution is -0.142. The molecule has 1 aliphatic rings. The van der Waals surface area contributed by atoms with Crippen molar-refractivity contribution in [2.24, 2.45) is 0 Å². The molecule has 0 aliphatic carbocycles. The van der Waals surface area contributed by atoms with Crippen LogP contribution in [0.4, 0.5) is 26.3 Å². The molecule has 1 aromatic heterocycles. The number of halogens is 6. The van der Waals surface area contributed by atoms with E-state index in [-0.39, 0.29) is 17.0 Å². The molecule has 4 nitrogen and oxygen atoms in total. The van der Waals surface area contributed by atoms with E-state index in [0.29, 0.717) is 32.4 Å². The van der Waals surface area contributed by atoms with Crippen molar-refractivity contribution in [1.29, 1.82) is 0 Å². The summed E-state index contributed by atoms with van der Waals surface area (Å²) in [5.74, 6) is 0. The molecule has 0 amide bonds. The second-order valence-electron chi connectivity index (χ2n) is 6.06. The van der Waals surface area contributed by atoms with Crippen molar-refractivity contribution in [2.45, 2.75) is 12.4 Å². The van der Waals surface area contributed by atoms with E-state index in [2.05, 4.69) is 9.88 Å². The van der Waals surface area contributed by atoms with Crippen LogP contribution in [0.5, 0.6) is 5.19 Å². The van der Waals surface area contributed by atoms with Gasteiger partial charge in [0.05, 0.1) is 30.0 Å². The minimum absolute atomic E-state index is 0.0765. The minimum atomic E-state index is -4.95. The van der Waals surface area contributed by atoms with Crippen molar-refractivity contribution < 1.29 is 35.8 Å². The van der Waals surface area contributed by atoms with Crippen LogP contribution in [0, 0.1) is 0 Å².